The number of nitrogens with two attached hydrogens (primary N) is 1. The van der Waals surface area contributed by atoms with E-state index < -0.39 is 11.7 Å². The summed E-state index contributed by atoms with van der Waals surface area (Å²) in [6.45, 7) is 7.28. The van der Waals surface area contributed by atoms with Crippen molar-refractivity contribution in [3.63, 3.8) is 0 Å². The summed E-state index contributed by atoms with van der Waals surface area (Å²) in [5.74, 6) is 0.706. The maximum absolute atomic E-state index is 11.7. The van der Waals surface area contributed by atoms with Crippen molar-refractivity contribution in [1.29, 1.82) is 0 Å². The Labute approximate surface area is 120 Å². The third-order valence-electron chi connectivity index (χ3n) is 2.78. The van der Waals surface area contributed by atoms with Crippen molar-refractivity contribution in [1.82, 2.24) is 5.32 Å². The van der Waals surface area contributed by atoms with Gasteiger partial charge in [0, 0.05) is 11.6 Å². The molecule has 0 heterocycles. The van der Waals surface area contributed by atoms with Crippen LogP contribution in [0.1, 0.15) is 39.3 Å². The summed E-state index contributed by atoms with van der Waals surface area (Å²) >= 11 is 0. The first-order chi connectivity index (χ1) is 9.24. The molecule has 0 aliphatic heterocycles. The predicted molar refractivity (Wildman–Crippen MR) is 78.8 cm³/mol. The van der Waals surface area contributed by atoms with E-state index >= 15 is 0 Å². The number of rotatable bonds is 4. The van der Waals surface area contributed by atoms with Gasteiger partial charge in [0.25, 0.3) is 0 Å². The van der Waals surface area contributed by atoms with Gasteiger partial charge in [0.05, 0.1) is 13.2 Å². The number of hydrogen-bond donors (Lipinski definition) is 2. The fraction of sp³-hybridized carbons (Fsp3) is 0.533. The minimum atomic E-state index is -0.529. The van der Waals surface area contributed by atoms with Crippen LogP contribution in [0.5, 0.6) is 5.75 Å². The number of hydrogen-bond acceptors (Lipinski definition) is 4. The average molecular weight is 280 g/mol. The molecule has 3 N–H and O–H groups in total. The minimum absolute atomic E-state index is 0.277. The van der Waals surface area contributed by atoms with Crippen LogP contribution in [-0.2, 0) is 4.74 Å². The van der Waals surface area contributed by atoms with Gasteiger partial charge in [0.15, 0.2) is 0 Å². The lowest BCUT2D eigenvalue weighted by molar-refractivity contribution is 0.0501. The molecular weight excluding hydrogens is 256 g/mol. The van der Waals surface area contributed by atoms with E-state index in [0.717, 1.165) is 5.56 Å². The van der Waals surface area contributed by atoms with E-state index in [-0.39, 0.29) is 12.1 Å². The number of amides is 1. The van der Waals surface area contributed by atoms with Gasteiger partial charge in [-0.3, -0.25) is 0 Å². The normalized spacial score (nSPS) is 14.3. The molecule has 0 aliphatic carbocycles. The van der Waals surface area contributed by atoms with Crippen molar-refractivity contribution < 1.29 is 14.3 Å². The Bertz CT molecular complexity index is 455. The van der Waals surface area contributed by atoms with Gasteiger partial charge in [-0.2, -0.15) is 0 Å². The first-order valence-corrected chi connectivity index (χ1v) is 6.62. The summed E-state index contributed by atoms with van der Waals surface area (Å²) in [5.41, 5.74) is 6.49. The molecule has 20 heavy (non-hydrogen) atoms. The van der Waals surface area contributed by atoms with Crippen LogP contribution in [0, 0.1) is 0 Å². The van der Waals surface area contributed by atoms with E-state index in [2.05, 4.69) is 5.32 Å². The van der Waals surface area contributed by atoms with E-state index in [9.17, 15) is 4.79 Å². The van der Waals surface area contributed by atoms with Crippen LogP contribution in [0.25, 0.3) is 0 Å². The fourth-order valence-electron chi connectivity index (χ4n) is 1.79. The van der Waals surface area contributed by atoms with Crippen molar-refractivity contribution in [2.24, 2.45) is 5.73 Å². The topological polar surface area (TPSA) is 73.6 Å². The van der Waals surface area contributed by atoms with Crippen LogP contribution in [0.3, 0.4) is 0 Å². The number of carbonyl (C=O) groups is 1. The zero-order valence-electron chi connectivity index (χ0n) is 12.8. The van der Waals surface area contributed by atoms with Gasteiger partial charge in [-0.05, 0) is 33.8 Å². The van der Waals surface area contributed by atoms with Gasteiger partial charge in [-0.1, -0.05) is 18.2 Å². The summed E-state index contributed by atoms with van der Waals surface area (Å²) in [6, 6.07) is 6.84. The molecule has 0 aliphatic rings. The molecule has 1 aromatic carbocycles. The Morgan fingerprint density at radius 2 is 1.90 bits per heavy atom. The average Bonchev–Trinajstić information content (AvgIpc) is 2.35. The van der Waals surface area contributed by atoms with E-state index in [0.29, 0.717) is 5.75 Å². The Balaban J connectivity index is 2.72. The lowest BCUT2D eigenvalue weighted by Gasteiger charge is -2.25. The molecule has 0 saturated heterocycles. The van der Waals surface area contributed by atoms with Gasteiger partial charge < -0.3 is 20.5 Å². The van der Waals surface area contributed by atoms with E-state index in [4.69, 9.17) is 15.2 Å². The van der Waals surface area contributed by atoms with Gasteiger partial charge in [-0.15, -0.1) is 0 Å². The first kappa shape index (κ1) is 16.3. The highest BCUT2D eigenvalue weighted by molar-refractivity contribution is 5.68. The third-order valence-corrected chi connectivity index (χ3v) is 2.78. The summed E-state index contributed by atoms with van der Waals surface area (Å²) in [4.78, 5) is 11.7. The van der Waals surface area contributed by atoms with Gasteiger partial charge >= 0.3 is 6.09 Å². The van der Waals surface area contributed by atoms with Crippen LogP contribution < -0.4 is 15.8 Å². The van der Waals surface area contributed by atoms with Crippen LogP contribution in [0.4, 0.5) is 4.79 Å². The van der Waals surface area contributed by atoms with E-state index in [1.165, 1.54) is 0 Å². The molecule has 0 spiro atoms. The highest BCUT2D eigenvalue weighted by atomic mass is 16.6. The number of methoxy groups -OCH3 is 1. The Hall–Kier alpha value is -1.75. The Kier molecular flexibility index (Phi) is 5.39. The van der Waals surface area contributed by atoms with Gasteiger partial charge in [-0.25, -0.2) is 4.79 Å². The predicted octanol–water partition coefficient (Wildman–Crippen LogP) is 2.61. The standard InChI is InChI=1S/C15H24N2O3/c1-10(17-14(18)20-15(2,3)4)13(16)11-8-6-7-9-12(11)19-5/h6-10,13H,16H2,1-5H3,(H,17,18). The summed E-state index contributed by atoms with van der Waals surface area (Å²) in [5, 5.41) is 2.74. The second-order valence-electron chi connectivity index (χ2n) is 5.70. The van der Waals surface area contributed by atoms with Crippen molar-refractivity contribution in [2.45, 2.75) is 45.4 Å². The molecular formula is C15H24N2O3. The number of ether oxygens (including phenoxy) is 2. The van der Waals surface area contributed by atoms with Crippen LogP contribution >= 0.6 is 0 Å². The fourth-order valence-corrected chi connectivity index (χ4v) is 1.79. The molecule has 112 valence electrons. The zero-order chi connectivity index (χ0) is 15.3. The second-order valence-corrected chi connectivity index (χ2v) is 5.70. The van der Waals surface area contributed by atoms with Crippen molar-refractivity contribution in [2.75, 3.05) is 7.11 Å². The Morgan fingerprint density at radius 3 is 2.45 bits per heavy atom. The lowest BCUT2D eigenvalue weighted by Crippen LogP contribution is -2.43. The molecule has 0 fully saturated rings. The number of carbonyl (C=O) groups excluding carboxylic acids is 1. The monoisotopic (exact) mass is 280 g/mol. The highest BCUT2D eigenvalue weighted by Crippen LogP contribution is 2.25. The van der Waals surface area contributed by atoms with Crippen LogP contribution in [0.2, 0.25) is 0 Å². The largest absolute Gasteiger partial charge is 0.496 e. The number of alkyl carbamates (subject to hydrolysis) is 1. The first-order valence-electron chi connectivity index (χ1n) is 6.62. The summed E-state index contributed by atoms with van der Waals surface area (Å²) in [6.07, 6.45) is -0.477. The minimum Gasteiger partial charge on any atom is -0.496 e. The van der Waals surface area contributed by atoms with E-state index in [1.807, 2.05) is 52.0 Å². The van der Waals surface area contributed by atoms with Gasteiger partial charge in [0.1, 0.15) is 11.4 Å². The van der Waals surface area contributed by atoms with Crippen LogP contribution in [-0.4, -0.2) is 24.8 Å². The van der Waals surface area contributed by atoms with Gasteiger partial charge in [0.2, 0.25) is 0 Å². The quantitative estimate of drug-likeness (QED) is 0.889. The molecule has 5 heteroatoms. The van der Waals surface area contributed by atoms with Crippen LogP contribution in [0.15, 0.2) is 24.3 Å². The molecule has 2 atom stereocenters. The molecule has 1 aromatic rings. The lowest BCUT2D eigenvalue weighted by atomic mass is 10.0. The molecule has 0 aromatic heterocycles. The number of para-hydroxylation sites is 1. The molecule has 1 amide bonds. The number of nitrogens with one attached hydrogen (secondary N) is 1. The maximum Gasteiger partial charge on any atom is 0.407 e. The zero-order valence-corrected chi connectivity index (χ0v) is 12.8. The maximum atomic E-state index is 11.7. The van der Waals surface area contributed by atoms with E-state index in [1.54, 1.807) is 7.11 Å². The molecule has 5 nitrogen and oxygen atoms in total. The van der Waals surface area contributed by atoms with Crippen molar-refractivity contribution >= 4 is 6.09 Å². The smallest absolute Gasteiger partial charge is 0.407 e. The second kappa shape index (κ2) is 6.61. The highest BCUT2D eigenvalue weighted by Gasteiger charge is 2.23. The molecule has 0 radical (unpaired) electrons. The molecule has 0 saturated carbocycles. The summed E-state index contributed by atoms with van der Waals surface area (Å²) in [7, 11) is 1.59. The summed E-state index contributed by atoms with van der Waals surface area (Å²) < 4.78 is 10.5. The molecule has 0 bridgehead atoms. The third kappa shape index (κ3) is 4.74. The van der Waals surface area contributed by atoms with Crippen molar-refractivity contribution in [3.05, 3.63) is 29.8 Å². The SMILES string of the molecule is COc1ccccc1C(N)C(C)NC(=O)OC(C)(C)C. The molecule has 2 unspecified atom stereocenters. The molecule has 1 rings (SSSR count). The Morgan fingerprint density at radius 1 is 1.30 bits per heavy atom. The van der Waals surface area contributed by atoms with Crippen molar-refractivity contribution in [3.8, 4) is 5.75 Å². The number of benzene rings is 1.